The van der Waals surface area contributed by atoms with Gasteiger partial charge in [0.25, 0.3) is 0 Å². The van der Waals surface area contributed by atoms with Gasteiger partial charge in [-0.25, -0.2) is 0 Å². The van der Waals surface area contributed by atoms with Crippen molar-refractivity contribution in [1.82, 2.24) is 10.1 Å². The molecule has 3 rings (SSSR count). The average Bonchev–Trinajstić information content (AvgIpc) is 2.95. The number of rotatable bonds is 3. The molecule has 0 aliphatic carbocycles. The summed E-state index contributed by atoms with van der Waals surface area (Å²) in [4.78, 5) is 2.38. The fourth-order valence-electron chi connectivity index (χ4n) is 2.61. The van der Waals surface area contributed by atoms with Crippen LogP contribution in [0.1, 0.15) is 24.3 Å². The molecule has 0 amide bonds. The lowest BCUT2D eigenvalue weighted by molar-refractivity contribution is -0.0708. The van der Waals surface area contributed by atoms with Gasteiger partial charge in [-0.15, -0.1) is 0 Å². The topological polar surface area (TPSA) is 38.5 Å². The minimum Gasteiger partial charge on any atom is -0.371 e. The Bertz CT molecular complexity index is 542. The highest BCUT2D eigenvalue weighted by Gasteiger charge is 2.30. The zero-order chi connectivity index (χ0) is 13.9. The Balaban J connectivity index is 1.74. The van der Waals surface area contributed by atoms with Gasteiger partial charge in [-0.05, 0) is 24.6 Å². The van der Waals surface area contributed by atoms with Crippen molar-refractivity contribution in [3.8, 4) is 0 Å². The predicted molar refractivity (Wildman–Crippen MR) is 79.2 cm³/mol. The molecule has 1 saturated heterocycles. The van der Waals surface area contributed by atoms with E-state index in [1.807, 2.05) is 6.07 Å². The molecule has 0 radical (unpaired) electrons. The highest BCUT2D eigenvalue weighted by molar-refractivity contribution is 9.10. The van der Waals surface area contributed by atoms with Gasteiger partial charge in [0.05, 0.1) is 18.4 Å². The van der Waals surface area contributed by atoms with E-state index in [9.17, 15) is 0 Å². The molecule has 2 aromatic rings. The van der Waals surface area contributed by atoms with Crippen LogP contribution in [0.3, 0.4) is 0 Å². The summed E-state index contributed by atoms with van der Waals surface area (Å²) < 4.78 is 12.0. The second-order valence-electron chi connectivity index (χ2n) is 5.04. The molecule has 20 heavy (non-hydrogen) atoms. The van der Waals surface area contributed by atoms with Crippen LogP contribution < -0.4 is 0 Å². The molecule has 1 fully saturated rings. The van der Waals surface area contributed by atoms with Crippen molar-refractivity contribution in [2.24, 2.45) is 0 Å². The van der Waals surface area contributed by atoms with Gasteiger partial charge in [-0.2, -0.15) is 0 Å². The smallest absolute Gasteiger partial charge is 0.124 e. The van der Waals surface area contributed by atoms with Crippen molar-refractivity contribution in [1.29, 1.82) is 0 Å². The van der Waals surface area contributed by atoms with Crippen LogP contribution >= 0.6 is 15.9 Å². The molecule has 106 valence electrons. The van der Waals surface area contributed by atoms with Crippen LogP contribution in [0.2, 0.25) is 0 Å². The maximum atomic E-state index is 5.96. The highest BCUT2D eigenvalue weighted by atomic mass is 79.9. The third kappa shape index (κ3) is 2.95. The third-order valence-electron chi connectivity index (χ3n) is 3.74. The fourth-order valence-corrected chi connectivity index (χ4v) is 2.87. The Morgan fingerprint density at radius 2 is 2.10 bits per heavy atom. The van der Waals surface area contributed by atoms with E-state index in [4.69, 9.17) is 9.26 Å². The highest BCUT2D eigenvalue weighted by Crippen LogP contribution is 2.29. The van der Waals surface area contributed by atoms with E-state index in [-0.39, 0.29) is 6.10 Å². The minimum atomic E-state index is 0.101. The zero-order valence-corrected chi connectivity index (χ0v) is 12.9. The molecule has 1 aromatic carbocycles. The first-order valence-corrected chi connectivity index (χ1v) is 7.54. The first-order chi connectivity index (χ1) is 9.74. The molecule has 0 spiro atoms. The van der Waals surface area contributed by atoms with Crippen molar-refractivity contribution in [3.05, 3.63) is 52.3 Å². The van der Waals surface area contributed by atoms with Gasteiger partial charge in [-0.1, -0.05) is 33.2 Å². The number of aromatic nitrogens is 1. The van der Waals surface area contributed by atoms with E-state index in [0.29, 0.717) is 6.04 Å². The lowest BCUT2D eigenvalue weighted by Crippen LogP contribution is -2.44. The number of halogens is 1. The molecule has 0 unspecified atom stereocenters. The number of hydrogen-bond acceptors (Lipinski definition) is 4. The van der Waals surface area contributed by atoms with Gasteiger partial charge in [0, 0.05) is 29.7 Å². The van der Waals surface area contributed by atoms with Crippen LogP contribution in [0, 0.1) is 0 Å². The molecule has 1 aliphatic rings. The van der Waals surface area contributed by atoms with Crippen molar-refractivity contribution < 1.29 is 9.26 Å². The van der Waals surface area contributed by atoms with E-state index >= 15 is 0 Å². The normalized spacial score (nSPS) is 23.9. The molecule has 1 aliphatic heterocycles. The maximum Gasteiger partial charge on any atom is 0.124 e. The van der Waals surface area contributed by atoms with Crippen LogP contribution in [0.15, 0.2) is 45.6 Å². The van der Waals surface area contributed by atoms with Crippen molar-refractivity contribution in [3.63, 3.8) is 0 Å². The quantitative estimate of drug-likeness (QED) is 0.861. The summed E-state index contributed by atoms with van der Waals surface area (Å²) in [6.45, 7) is 4.66. The lowest BCUT2D eigenvalue weighted by atomic mass is 10.0. The van der Waals surface area contributed by atoms with Crippen molar-refractivity contribution in [2.75, 3.05) is 13.2 Å². The molecule has 0 saturated carbocycles. The Hall–Kier alpha value is -1.17. The molecule has 5 heteroatoms. The SMILES string of the molecule is C[C@H]1[C@@H](c2ccc(Br)cc2)OCCN1Cc1ccon1. The third-order valence-corrected chi connectivity index (χ3v) is 4.27. The van der Waals surface area contributed by atoms with Crippen LogP contribution in [0.5, 0.6) is 0 Å². The molecule has 0 bridgehead atoms. The molecule has 2 atom stereocenters. The van der Waals surface area contributed by atoms with E-state index < -0.39 is 0 Å². The Morgan fingerprint density at radius 3 is 2.80 bits per heavy atom. The lowest BCUT2D eigenvalue weighted by Gasteiger charge is -2.39. The van der Waals surface area contributed by atoms with Gasteiger partial charge < -0.3 is 9.26 Å². The number of ether oxygens (including phenoxy) is 1. The maximum absolute atomic E-state index is 5.96. The molecular formula is C15H17BrN2O2. The predicted octanol–water partition coefficient (Wildman–Crippen LogP) is 3.40. The fraction of sp³-hybridized carbons (Fsp3) is 0.400. The summed E-state index contributed by atoms with van der Waals surface area (Å²) in [5.74, 6) is 0. The standard InChI is InChI=1S/C15H17BrN2O2/c1-11-15(12-2-4-13(16)5-3-12)19-9-7-18(11)10-14-6-8-20-17-14/h2-6,8,11,15H,7,9-10H2,1H3/t11-,15-/m0/s1. The van der Waals surface area contributed by atoms with Gasteiger partial charge >= 0.3 is 0 Å². The first kappa shape index (κ1) is 13.8. The van der Waals surface area contributed by atoms with Gasteiger partial charge in [0.2, 0.25) is 0 Å². The Kier molecular flexibility index (Phi) is 4.19. The number of nitrogens with zero attached hydrogens (tertiary/aromatic N) is 2. The largest absolute Gasteiger partial charge is 0.371 e. The van der Waals surface area contributed by atoms with Crippen LogP contribution in [0.4, 0.5) is 0 Å². The van der Waals surface area contributed by atoms with Gasteiger partial charge in [0.1, 0.15) is 6.26 Å². The molecular weight excluding hydrogens is 320 g/mol. The number of morpholine rings is 1. The Labute approximate surface area is 126 Å². The van der Waals surface area contributed by atoms with Crippen molar-refractivity contribution >= 4 is 15.9 Å². The zero-order valence-electron chi connectivity index (χ0n) is 11.3. The second kappa shape index (κ2) is 6.08. The molecule has 0 N–H and O–H groups in total. The van der Waals surface area contributed by atoms with Crippen LogP contribution in [-0.4, -0.2) is 29.3 Å². The van der Waals surface area contributed by atoms with Crippen LogP contribution in [-0.2, 0) is 11.3 Å². The minimum absolute atomic E-state index is 0.101. The first-order valence-electron chi connectivity index (χ1n) is 6.74. The summed E-state index contributed by atoms with van der Waals surface area (Å²) >= 11 is 3.47. The summed E-state index contributed by atoms with van der Waals surface area (Å²) in [5, 5.41) is 3.99. The van der Waals surface area contributed by atoms with E-state index in [1.165, 1.54) is 5.56 Å². The summed E-state index contributed by atoms with van der Waals surface area (Å²) in [6.07, 6.45) is 1.72. The monoisotopic (exact) mass is 336 g/mol. The summed E-state index contributed by atoms with van der Waals surface area (Å²) in [5.41, 5.74) is 2.18. The van der Waals surface area contributed by atoms with Gasteiger partial charge in [0.15, 0.2) is 0 Å². The average molecular weight is 337 g/mol. The van der Waals surface area contributed by atoms with Gasteiger partial charge in [-0.3, -0.25) is 4.90 Å². The molecule has 2 heterocycles. The number of benzene rings is 1. The molecule has 4 nitrogen and oxygen atoms in total. The number of hydrogen-bond donors (Lipinski definition) is 0. The van der Waals surface area contributed by atoms with E-state index in [2.05, 4.69) is 57.2 Å². The van der Waals surface area contributed by atoms with Crippen molar-refractivity contribution in [2.45, 2.75) is 25.6 Å². The second-order valence-corrected chi connectivity index (χ2v) is 5.96. The van der Waals surface area contributed by atoms with E-state index in [1.54, 1.807) is 6.26 Å². The van der Waals surface area contributed by atoms with E-state index in [0.717, 1.165) is 29.9 Å². The van der Waals surface area contributed by atoms with Crippen LogP contribution in [0.25, 0.3) is 0 Å². The molecule has 1 aromatic heterocycles. The summed E-state index contributed by atoms with van der Waals surface area (Å²) in [7, 11) is 0. The summed E-state index contributed by atoms with van der Waals surface area (Å²) in [6, 6.07) is 10.6. The Morgan fingerprint density at radius 1 is 1.30 bits per heavy atom.